The lowest BCUT2D eigenvalue weighted by molar-refractivity contribution is 0.406. The van der Waals surface area contributed by atoms with Gasteiger partial charge in [0, 0.05) is 18.5 Å². The van der Waals surface area contributed by atoms with Crippen LogP contribution in [0.25, 0.3) is 0 Å². The number of hydrogen-bond donors (Lipinski definition) is 1. The first-order chi connectivity index (χ1) is 8.11. The van der Waals surface area contributed by atoms with Gasteiger partial charge in [-0.05, 0) is 36.5 Å². The predicted octanol–water partition coefficient (Wildman–Crippen LogP) is 3.28. The summed E-state index contributed by atoms with van der Waals surface area (Å²) in [6.07, 6.45) is 1.21. The zero-order valence-electron chi connectivity index (χ0n) is 11.3. The average molecular weight is 233 g/mol. The molecule has 1 aromatic rings. The first kappa shape index (κ1) is 12.4. The topological polar surface area (TPSA) is 21.3 Å². The smallest absolute Gasteiger partial charge is 0.122 e. The Labute approximate surface area is 104 Å². The third kappa shape index (κ3) is 2.63. The molecule has 0 amide bonds. The van der Waals surface area contributed by atoms with E-state index in [1.54, 1.807) is 7.11 Å². The van der Waals surface area contributed by atoms with Gasteiger partial charge in [0.05, 0.1) is 7.11 Å². The summed E-state index contributed by atoms with van der Waals surface area (Å²) in [5.41, 5.74) is 2.77. The van der Waals surface area contributed by atoms with Crippen LogP contribution in [0.2, 0.25) is 0 Å². The van der Waals surface area contributed by atoms with Crippen molar-refractivity contribution in [2.75, 3.05) is 13.7 Å². The van der Waals surface area contributed by atoms with Gasteiger partial charge in [0.25, 0.3) is 0 Å². The largest absolute Gasteiger partial charge is 0.496 e. The quantitative estimate of drug-likeness (QED) is 0.865. The third-order valence-corrected chi connectivity index (χ3v) is 3.71. The molecule has 17 heavy (non-hydrogen) atoms. The Morgan fingerprint density at radius 1 is 1.35 bits per heavy atom. The van der Waals surface area contributed by atoms with Crippen molar-refractivity contribution in [1.29, 1.82) is 0 Å². The molecule has 94 valence electrons. The molecule has 1 saturated heterocycles. The van der Waals surface area contributed by atoms with E-state index in [1.165, 1.54) is 17.5 Å². The van der Waals surface area contributed by atoms with Crippen molar-refractivity contribution in [3.63, 3.8) is 0 Å². The maximum absolute atomic E-state index is 5.50. The molecule has 0 bridgehead atoms. The SMILES string of the molecule is COc1ccc(C(C)C)cc1C1CNC(C)C1. The highest BCUT2D eigenvalue weighted by molar-refractivity contribution is 5.41. The molecule has 1 heterocycles. The molecule has 2 heteroatoms. The van der Waals surface area contributed by atoms with Crippen molar-refractivity contribution < 1.29 is 4.74 Å². The Bertz CT molecular complexity index is 387. The molecule has 0 aromatic heterocycles. The number of methoxy groups -OCH3 is 1. The van der Waals surface area contributed by atoms with Crippen molar-refractivity contribution in [2.45, 2.75) is 45.1 Å². The molecule has 1 N–H and O–H groups in total. The minimum atomic E-state index is 0.575. The Morgan fingerprint density at radius 2 is 2.12 bits per heavy atom. The zero-order valence-corrected chi connectivity index (χ0v) is 11.3. The van der Waals surface area contributed by atoms with Crippen molar-refractivity contribution in [3.05, 3.63) is 29.3 Å². The minimum absolute atomic E-state index is 0.575. The van der Waals surface area contributed by atoms with E-state index in [0.717, 1.165) is 12.3 Å². The second kappa shape index (κ2) is 5.09. The molecule has 2 unspecified atom stereocenters. The van der Waals surface area contributed by atoms with E-state index in [0.29, 0.717) is 17.9 Å². The third-order valence-electron chi connectivity index (χ3n) is 3.71. The zero-order chi connectivity index (χ0) is 12.4. The molecule has 0 aliphatic carbocycles. The van der Waals surface area contributed by atoms with Crippen molar-refractivity contribution >= 4 is 0 Å². The Morgan fingerprint density at radius 3 is 2.65 bits per heavy atom. The summed E-state index contributed by atoms with van der Waals surface area (Å²) in [6, 6.07) is 7.24. The van der Waals surface area contributed by atoms with Crippen LogP contribution in [0, 0.1) is 0 Å². The summed E-state index contributed by atoms with van der Waals surface area (Å²) in [5, 5.41) is 3.51. The van der Waals surface area contributed by atoms with E-state index in [1.807, 2.05) is 0 Å². The lowest BCUT2D eigenvalue weighted by Crippen LogP contribution is -2.16. The molecule has 2 rings (SSSR count). The fraction of sp³-hybridized carbons (Fsp3) is 0.600. The van der Waals surface area contributed by atoms with E-state index in [9.17, 15) is 0 Å². The van der Waals surface area contributed by atoms with Crippen molar-refractivity contribution in [2.24, 2.45) is 0 Å². The van der Waals surface area contributed by atoms with E-state index in [4.69, 9.17) is 4.74 Å². The molecule has 1 aliphatic heterocycles. The standard InChI is InChI=1S/C15H23NO/c1-10(2)12-5-6-15(17-4)14(8-12)13-7-11(3)16-9-13/h5-6,8,10-11,13,16H,7,9H2,1-4H3. The van der Waals surface area contributed by atoms with E-state index < -0.39 is 0 Å². The van der Waals surface area contributed by atoms with Crippen molar-refractivity contribution in [3.8, 4) is 5.75 Å². The van der Waals surface area contributed by atoms with Crippen LogP contribution in [-0.4, -0.2) is 19.7 Å². The number of hydrogen-bond acceptors (Lipinski definition) is 2. The first-order valence-corrected chi connectivity index (χ1v) is 6.53. The predicted molar refractivity (Wildman–Crippen MR) is 71.9 cm³/mol. The van der Waals surface area contributed by atoms with Gasteiger partial charge in [-0.25, -0.2) is 0 Å². The molecule has 0 saturated carbocycles. The first-order valence-electron chi connectivity index (χ1n) is 6.53. The van der Waals surface area contributed by atoms with Gasteiger partial charge in [0.1, 0.15) is 5.75 Å². The van der Waals surface area contributed by atoms with E-state index in [-0.39, 0.29) is 0 Å². The Kier molecular flexibility index (Phi) is 3.72. The van der Waals surface area contributed by atoms with Crippen LogP contribution in [0.5, 0.6) is 5.75 Å². The Balaban J connectivity index is 2.32. The summed E-state index contributed by atoms with van der Waals surface area (Å²) in [4.78, 5) is 0. The van der Waals surface area contributed by atoms with Gasteiger partial charge in [-0.2, -0.15) is 0 Å². The molecule has 0 radical (unpaired) electrons. The van der Waals surface area contributed by atoms with E-state index >= 15 is 0 Å². The van der Waals surface area contributed by atoms with Gasteiger partial charge in [-0.3, -0.25) is 0 Å². The van der Waals surface area contributed by atoms with Crippen LogP contribution in [0.1, 0.15) is 50.2 Å². The maximum atomic E-state index is 5.50. The van der Waals surface area contributed by atoms with Crippen LogP contribution < -0.4 is 10.1 Å². The normalized spacial score (nSPS) is 24.3. The van der Waals surface area contributed by atoms with Crippen LogP contribution >= 0.6 is 0 Å². The highest BCUT2D eigenvalue weighted by Crippen LogP contribution is 2.34. The maximum Gasteiger partial charge on any atom is 0.122 e. The van der Waals surface area contributed by atoms with Crippen molar-refractivity contribution in [1.82, 2.24) is 5.32 Å². The Hall–Kier alpha value is -1.02. The van der Waals surface area contributed by atoms with Gasteiger partial charge >= 0.3 is 0 Å². The van der Waals surface area contributed by atoms with Crippen LogP contribution in [0.3, 0.4) is 0 Å². The van der Waals surface area contributed by atoms with Crippen LogP contribution in [-0.2, 0) is 0 Å². The fourth-order valence-corrected chi connectivity index (χ4v) is 2.60. The van der Waals surface area contributed by atoms with Gasteiger partial charge < -0.3 is 10.1 Å². The van der Waals surface area contributed by atoms with Crippen LogP contribution in [0.4, 0.5) is 0 Å². The highest BCUT2D eigenvalue weighted by atomic mass is 16.5. The van der Waals surface area contributed by atoms with E-state index in [2.05, 4.69) is 44.3 Å². The minimum Gasteiger partial charge on any atom is -0.496 e. The molecule has 1 fully saturated rings. The summed E-state index contributed by atoms with van der Waals surface area (Å²) < 4.78 is 5.50. The van der Waals surface area contributed by atoms with Gasteiger partial charge in [-0.15, -0.1) is 0 Å². The number of ether oxygens (including phenoxy) is 1. The molecule has 2 atom stereocenters. The van der Waals surface area contributed by atoms with Gasteiger partial charge in [-0.1, -0.05) is 26.0 Å². The summed E-state index contributed by atoms with van der Waals surface area (Å²) in [7, 11) is 1.76. The molecular formula is C15H23NO. The van der Waals surface area contributed by atoms with Crippen LogP contribution in [0.15, 0.2) is 18.2 Å². The molecule has 1 aromatic carbocycles. The second-order valence-electron chi connectivity index (χ2n) is 5.40. The monoisotopic (exact) mass is 233 g/mol. The molecule has 0 spiro atoms. The highest BCUT2D eigenvalue weighted by Gasteiger charge is 2.25. The lowest BCUT2D eigenvalue weighted by Gasteiger charge is -2.17. The number of benzene rings is 1. The summed E-state index contributed by atoms with van der Waals surface area (Å²) in [5.74, 6) is 2.21. The summed E-state index contributed by atoms with van der Waals surface area (Å²) in [6.45, 7) is 7.79. The molecule has 2 nitrogen and oxygen atoms in total. The fourth-order valence-electron chi connectivity index (χ4n) is 2.60. The molecule has 1 aliphatic rings. The summed E-state index contributed by atoms with van der Waals surface area (Å²) >= 11 is 0. The number of nitrogens with one attached hydrogen (secondary N) is 1. The van der Waals surface area contributed by atoms with Gasteiger partial charge in [0.15, 0.2) is 0 Å². The lowest BCUT2D eigenvalue weighted by atomic mass is 9.91. The van der Waals surface area contributed by atoms with Gasteiger partial charge in [0.2, 0.25) is 0 Å². The second-order valence-corrected chi connectivity index (χ2v) is 5.40. The molecular weight excluding hydrogens is 210 g/mol. The number of rotatable bonds is 3. The average Bonchev–Trinajstić information content (AvgIpc) is 2.74.